The van der Waals surface area contributed by atoms with Gasteiger partial charge in [-0.1, -0.05) is 13.0 Å². The molecular weight excluding hydrogens is 168 g/mol. The Hall–Kier alpha value is -0.830. The quantitative estimate of drug-likeness (QED) is 0.561. The normalized spacial score (nSPS) is 11.9. The van der Waals surface area contributed by atoms with Gasteiger partial charge in [-0.25, -0.2) is 0 Å². The van der Waals surface area contributed by atoms with Crippen molar-refractivity contribution >= 4 is 17.2 Å². The Labute approximate surface area is 77.1 Å². The van der Waals surface area contributed by atoms with Crippen LogP contribution in [0, 0.1) is 0 Å². The fourth-order valence-corrected chi connectivity index (χ4v) is 1.57. The Morgan fingerprint density at radius 1 is 1.67 bits per heavy atom. The summed E-state index contributed by atoms with van der Waals surface area (Å²) in [6, 6.07) is 4.19. The topological polar surface area (TPSA) is 38.4 Å². The number of amidine groups is 1. The molecule has 0 radical (unpaired) electrons. The lowest BCUT2D eigenvalue weighted by atomic mass is 10.3. The predicted octanol–water partition coefficient (Wildman–Crippen LogP) is 2.06. The fraction of sp³-hybridized carbons (Fsp3) is 0.444. The average Bonchev–Trinajstić information content (AvgIpc) is 2.57. The molecule has 12 heavy (non-hydrogen) atoms. The van der Waals surface area contributed by atoms with Crippen LogP contribution in [0.2, 0.25) is 0 Å². The minimum absolute atomic E-state index is 0.756. The Morgan fingerprint density at radius 3 is 3.08 bits per heavy atom. The highest BCUT2D eigenvalue weighted by Gasteiger charge is 1.92. The van der Waals surface area contributed by atoms with Crippen molar-refractivity contribution in [2.75, 3.05) is 6.54 Å². The second-order valence-corrected chi connectivity index (χ2v) is 3.59. The van der Waals surface area contributed by atoms with Crippen LogP contribution in [0.3, 0.4) is 0 Å². The molecule has 0 spiro atoms. The number of rotatable bonds is 4. The maximum Gasteiger partial charge on any atom is 0.0934 e. The zero-order valence-electron chi connectivity index (χ0n) is 7.29. The monoisotopic (exact) mass is 182 g/mol. The second kappa shape index (κ2) is 4.93. The number of hydrogen-bond donors (Lipinski definition) is 1. The minimum Gasteiger partial charge on any atom is -0.387 e. The largest absolute Gasteiger partial charge is 0.387 e. The van der Waals surface area contributed by atoms with Gasteiger partial charge in [0.25, 0.3) is 0 Å². The fourth-order valence-electron chi connectivity index (χ4n) is 0.876. The summed E-state index contributed by atoms with van der Waals surface area (Å²) in [5.74, 6) is 0.756. The molecule has 0 atom stereocenters. The summed E-state index contributed by atoms with van der Waals surface area (Å²) in [4.78, 5) is 5.60. The molecule has 0 saturated heterocycles. The van der Waals surface area contributed by atoms with Crippen LogP contribution >= 0.6 is 11.3 Å². The molecular formula is C9H14N2S. The van der Waals surface area contributed by atoms with Crippen molar-refractivity contribution < 1.29 is 0 Å². The van der Waals surface area contributed by atoms with Crippen LogP contribution in [0.15, 0.2) is 22.5 Å². The molecule has 0 amide bonds. The molecule has 1 rings (SSSR count). The number of aliphatic imine (C=N–C) groups is 1. The van der Waals surface area contributed by atoms with Crippen LogP contribution in [-0.4, -0.2) is 12.4 Å². The molecule has 2 nitrogen and oxygen atoms in total. The van der Waals surface area contributed by atoms with E-state index < -0.39 is 0 Å². The molecule has 1 aromatic heterocycles. The summed E-state index contributed by atoms with van der Waals surface area (Å²) < 4.78 is 0. The maximum atomic E-state index is 5.57. The van der Waals surface area contributed by atoms with Gasteiger partial charge in [0, 0.05) is 24.3 Å². The van der Waals surface area contributed by atoms with Crippen LogP contribution < -0.4 is 5.73 Å². The lowest BCUT2D eigenvalue weighted by Crippen LogP contribution is -2.10. The van der Waals surface area contributed by atoms with Crippen molar-refractivity contribution in [2.24, 2.45) is 10.7 Å². The first kappa shape index (κ1) is 9.26. The first-order chi connectivity index (χ1) is 5.83. The molecule has 3 heteroatoms. The van der Waals surface area contributed by atoms with Gasteiger partial charge in [0.1, 0.15) is 0 Å². The van der Waals surface area contributed by atoms with E-state index in [-0.39, 0.29) is 0 Å². The highest BCUT2D eigenvalue weighted by atomic mass is 32.1. The molecule has 0 bridgehead atoms. The Bertz CT molecular complexity index is 239. The third kappa shape index (κ3) is 3.05. The zero-order valence-corrected chi connectivity index (χ0v) is 8.10. The van der Waals surface area contributed by atoms with Crippen molar-refractivity contribution in [3.8, 4) is 0 Å². The predicted molar refractivity (Wildman–Crippen MR) is 54.8 cm³/mol. The summed E-state index contributed by atoms with van der Waals surface area (Å²) in [7, 11) is 0. The molecule has 0 aromatic carbocycles. The van der Waals surface area contributed by atoms with E-state index >= 15 is 0 Å². The van der Waals surface area contributed by atoms with E-state index in [0.29, 0.717) is 0 Å². The van der Waals surface area contributed by atoms with Gasteiger partial charge in [-0.2, -0.15) is 0 Å². The zero-order chi connectivity index (χ0) is 8.81. The van der Waals surface area contributed by atoms with Crippen LogP contribution in [0.5, 0.6) is 0 Å². The van der Waals surface area contributed by atoms with Gasteiger partial charge in [-0.3, -0.25) is 4.99 Å². The molecule has 2 N–H and O–H groups in total. The maximum absolute atomic E-state index is 5.57. The van der Waals surface area contributed by atoms with E-state index in [1.165, 1.54) is 4.88 Å². The van der Waals surface area contributed by atoms with E-state index in [1.807, 2.05) is 6.92 Å². The van der Waals surface area contributed by atoms with Crippen LogP contribution in [0.25, 0.3) is 0 Å². The second-order valence-electron chi connectivity index (χ2n) is 2.56. The van der Waals surface area contributed by atoms with Gasteiger partial charge in [0.05, 0.1) is 5.84 Å². The van der Waals surface area contributed by atoms with Gasteiger partial charge < -0.3 is 5.73 Å². The van der Waals surface area contributed by atoms with E-state index in [9.17, 15) is 0 Å². The van der Waals surface area contributed by atoms with Crippen molar-refractivity contribution in [3.63, 3.8) is 0 Å². The smallest absolute Gasteiger partial charge is 0.0934 e. The SMILES string of the molecule is CCC(N)=NCCc1cccs1. The van der Waals surface area contributed by atoms with Crippen molar-refractivity contribution in [1.29, 1.82) is 0 Å². The van der Waals surface area contributed by atoms with Crippen LogP contribution in [0.1, 0.15) is 18.2 Å². The van der Waals surface area contributed by atoms with E-state index in [1.54, 1.807) is 11.3 Å². The van der Waals surface area contributed by atoms with Gasteiger partial charge in [-0.05, 0) is 11.4 Å². The highest BCUT2D eigenvalue weighted by molar-refractivity contribution is 7.09. The van der Waals surface area contributed by atoms with Crippen LogP contribution in [-0.2, 0) is 6.42 Å². The molecule has 0 saturated carbocycles. The van der Waals surface area contributed by atoms with Gasteiger partial charge in [0.2, 0.25) is 0 Å². The molecule has 1 aromatic rings. The average molecular weight is 182 g/mol. The summed E-state index contributed by atoms with van der Waals surface area (Å²) in [5, 5.41) is 2.09. The number of nitrogens with two attached hydrogens (primary N) is 1. The Morgan fingerprint density at radius 2 is 2.50 bits per heavy atom. The molecule has 0 aliphatic carbocycles. The summed E-state index contributed by atoms with van der Waals surface area (Å²) >= 11 is 1.77. The third-order valence-corrected chi connectivity index (χ3v) is 2.55. The molecule has 66 valence electrons. The van der Waals surface area contributed by atoms with E-state index in [4.69, 9.17) is 5.73 Å². The first-order valence-electron chi connectivity index (χ1n) is 4.14. The third-order valence-electron chi connectivity index (χ3n) is 1.62. The molecule has 0 aliphatic rings. The standard InChI is InChI=1S/C9H14N2S/c1-2-9(10)11-6-5-8-4-3-7-12-8/h3-4,7H,2,5-6H2,1H3,(H2,10,11). The Balaban J connectivity index is 2.28. The van der Waals surface area contributed by atoms with E-state index in [2.05, 4.69) is 22.5 Å². The number of thiophene rings is 1. The molecule has 0 aliphatic heterocycles. The van der Waals surface area contributed by atoms with Gasteiger partial charge in [0.15, 0.2) is 0 Å². The number of hydrogen-bond acceptors (Lipinski definition) is 2. The van der Waals surface area contributed by atoms with E-state index in [0.717, 1.165) is 25.2 Å². The van der Waals surface area contributed by atoms with Gasteiger partial charge >= 0.3 is 0 Å². The summed E-state index contributed by atoms with van der Waals surface area (Å²) in [6.45, 7) is 2.84. The Kier molecular flexibility index (Phi) is 3.80. The molecule has 0 fully saturated rings. The lowest BCUT2D eigenvalue weighted by molar-refractivity contribution is 0.973. The van der Waals surface area contributed by atoms with Crippen molar-refractivity contribution in [2.45, 2.75) is 19.8 Å². The summed E-state index contributed by atoms with van der Waals surface area (Å²) in [6.07, 6.45) is 1.86. The van der Waals surface area contributed by atoms with Crippen LogP contribution in [0.4, 0.5) is 0 Å². The van der Waals surface area contributed by atoms with Crippen molar-refractivity contribution in [3.05, 3.63) is 22.4 Å². The molecule has 1 heterocycles. The van der Waals surface area contributed by atoms with Crippen molar-refractivity contribution in [1.82, 2.24) is 0 Å². The molecule has 0 unspecified atom stereocenters. The number of nitrogens with zero attached hydrogens (tertiary/aromatic N) is 1. The minimum atomic E-state index is 0.756. The highest BCUT2D eigenvalue weighted by Crippen LogP contribution is 2.08. The van der Waals surface area contributed by atoms with Gasteiger partial charge in [-0.15, -0.1) is 11.3 Å². The lowest BCUT2D eigenvalue weighted by Gasteiger charge is -1.95. The summed E-state index contributed by atoms with van der Waals surface area (Å²) in [5.41, 5.74) is 5.57. The first-order valence-corrected chi connectivity index (χ1v) is 5.02.